The highest BCUT2D eigenvalue weighted by molar-refractivity contribution is 5.89. The molecule has 1 unspecified atom stereocenters. The molecule has 2 amide bonds. The molecule has 2 aromatic rings. The molecular weight excluding hydrogens is 353 g/mol. The van der Waals surface area contributed by atoms with Gasteiger partial charge in [-0.1, -0.05) is 12.1 Å². The number of carbonyl (C=O) groups is 1. The van der Waals surface area contributed by atoms with Gasteiger partial charge in [0.1, 0.15) is 0 Å². The van der Waals surface area contributed by atoms with Crippen LogP contribution in [0.3, 0.4) is 0 Å². The summed E-state index contributed by atoms with van der Waals surface area (Å²) in [6.07, 6.45) is -5.58. The van der Waals surface area contributed by atoms with Crippen LogP contribution < -0.4 is 20.1 Å². The molecule has 2 aromatic carbocycles. The van der Waals surface area contributed by atoms with Gasteiger partial charge < -0.3 is 25.2 Å². The van der Waals surface area contributed by atoms with Crippen molar-refractivity contribution in [1.82, 2.24) is 5.32 Å². The summed E-state index contributed by atoms with van der Waals surface area (Å²) in [6.45, 7) is -0.0495. The van der Waals surface area contributed by atoms with E-state index in [1.54, 1.807) is 18.2 Å². The Labute approximate surface area is 146 Å². The van der Waals surface area contributed by atoms with Gasteiger partial charge in [0.15, 0.2) is 11.5 Å². The zero-order valence-electron chi connectivity index (χ0n) is 13.3. The molecule has 6 nitrogen and oxygen atoms in total. The summed E-state index contributed by atoms with van der Waals surface area (Å²) in [6, 6.07) is 8.39. The maximum absolute atomic E-state index is 12.5. The molecule has 3 N–H and O–H groups in total. The topological polar surface area (TPSA) is 79.8 Å². The number of amides is 2. The maximum atomic E-state index is 12.5. The standard InChI is InChI=1S/C17H15F3N2O4/c18-17(19,20)11-3-1-10(2-4-11)13(23)8-21-16(24)22-12-5-6-14-15(7-12)26-9-25-14/h1-7,13,23H,8-9H2,(H2,21,22,24). The van der Waals surface area contributed by atoms with E-state index < -0.39 is 23.9 Å². The molecule has 1 aliphatic rings. The minimum absolute atomic E-state index is 0.115. The Morgan fingerprint density at radius 3 is 2.50 bits per heavy atom. The fourth-order valence-corrected chi connectivity index (χ4v) is 2.35. The number of rotatable bonds is 4. The summed E-state index contributed by atoms with van der Waals surface area (Å²) in [5.74, 6) is 1.08. The van der Waals surface area contributed by atoms with Crippen LogP contribution >= 0.6 is 0 Å². The number of anilines is 1. The molecule has 0 aromatic heterocycles. The number of alkyl halides is 3. The summed E-state index contributed by atoms with van der Waals surface area (Å²) in [5, 5.41) is 15.0. The molecule has 0 radical (unpaired) electrons. The molecule has 0 fully saturated rings. The Hall–Kier alpha value is -2.94. The van der Waals surface area contributed by atoms with Gasteiger partial charge in [-0.25, -0.2) is 4.79 Å². The SMILES string of the molecule is O=C(NCC(O)c1ccc(C(F)(F)F)cc1)Nc1ccc2c(c1)OCO2. The highest BCUT2D eigenvalue weighted by atomic mass is 19.4. The maximum Gasteiger partial charge on any atom is 0.416 e. The lowest BCUT2D eigenvalue weighted by molar-refractivity contribution is -0.137. The molecule has 0 bridgehead atoms. The molecule has 1 heterocycles. The predicted octanol–water partition coefficient (Wildman–Crippen LogP) is 3.29. The van der Waals surface area contributed by atoms with Crippen molar-refractivity contribution in [3.8, 4) is 11.5 Å². The van der Waals surface area contributed by atoms with Crippen LogP contribution in [0.1, 0.15) is 17.2 Å². The number of hydrogen-bond donors (Lipinski definition) is 3. The first-order chi connectivity index (χ1) is 12.3. The molecule has 1 atom stereocenters. The summed E-state index contributed by atoms with van der Waals surface area (Å²) in [7, 11) is 0. The van der Waals surface area contributed by atoms with Crippen molar-refractivity contribution >= 4 is 11.7 Å². The van der Waals surface area contributed by atoms with Crippen LogP contribution in [-0.2, 0) is 6.18 Å². The largest absolute Gasteiger partial charge is 0.454 e. The zero-order chi connectivity index (χ0) is 18.7. The molecule has 0 saturated heterocycles. The summed E-state index contributed by atoms with van der Waals surface area (Å²) in [5.41, 5.74) is -0.0703. The normalized spacial score (nSPS) is 14.0. The fourth-order valence-electron chi connectivity index (χ4n) is 2.35. The third-order valence-corrected chi connectivity index (χ3v) is 3.71. The van der Waals surface area contributed by atoms with Gasteiger partial charge in [-0.2, -0.15) is 13.2 Å². The molecule has 138 valence electrons. The number of urea groups is 1. The van der Waals surface area contributed by atoms with E-state index in [1.807, 2.05) is 0 Å². The van der Waals surface area contributed by atoms with Crippen LogP contribution in [0.4, 0.5) is 23.7 Å². The van der Waals surface area contributed by atoms with Gasteiger partial charge in [0, 0.05) is 18.3 Å². The van der Waals surface area contributed by atoms with E-state index in [4.69, 9.17) is 9.47 Å². The van der Waals surface area contributed by atoms with E-state index >= 15 is 0 Å². The van der Waals surface area contributed by atoms with E-state index in [9.17, 15) is 23.1 Å². The molecular formula is C17H15F3N2O4. The average molecular weight is 368 g/mol. The Morgan fingerprint density at radius 1 is 1.12 bits per heavy atom. The second-order valence-corrected chi connectivity index (χ2v) is 5.54. The second kappa shape index (κ2) is 7.12. The highest BCUT2D eigenvalue weighted by Crippen LogP contribution is 2.34. The first-order valence-corrected chi connectivity index (χ1v) is 7.62. The van der Waals surface area contributed by atoms with Gasteiger partial charge in [-0.05, 0) is 29.8 Å². The third kappa shape index (κ3) is 4.17. The van der Waals surface area contributed by atoms with Gasteiger partial charge in [0.05, 0.1) is 11.7 Å². The van der Waals surface area contributed by atoms with E-state index in [-0.39, 0.29) is 18.9 Å². The number of halogens is 3. The molecule has 1 aliphatic heterocycles. The minimum atomic E-state index is -4.44. The smallest absolute Gasteiger partial charge is 0.416 e. The Morgan fingerprint density at radius 2 is 1.81 bits per heavy atom. The van der Waals surface area contributed by atoms with Crippen LogP contribution in [0.25, 0.3) is 0 Å². The van der Waals surface area contributed by atoms with Crippen LogP contribution in [0.15, 0.2) is 42.5 Å². The van der Waals surface area contributed by atoms with Crippen LogP contribution in [-0.4, -0.2) is 24.5 Å². The summed E-state index contributed by atoms with van der Waals surface area (Å²) < 4.78 is 47.9. The van der Waals surface area contributed by atoms with Crippen molar-refractivity contribution < 1.29 is 32.5 Å². The van der Waals surface area contributed by atoms with Crippen LogP contribution in [0, 0.1) is 0 Å². The van der Waals surface area contributed by atoms with Gasteiger partial charge in [-0.15, -0.1) is 0 Å². The molecule has 0 saturated carbocycles. The number of ether oxygens (including phenoxy) is 2. The number of aliphatic hydroxyl groups is 1. The lowest BCUT2D eigenvalue weighted by atomic mass is 10.1. The number of carbonyl (C=O) groups excluding carboxylic acids is 1. The number of nitrogens with one attached hydrogen (secondary N) is 2. The minimum Gasteiger partial charge on any atom is -0.454 e. The third-order valence-electron chi connectivity index (χ3n) is 3.71. The average Bonchev–Trinajstić information content (AvgIpc) is 3.07. The highest BCUT2D eigenvalue weighted by Gasteiger charge is 2.30. The Kier molecular flexibility index (Phi) is 4.90. The van der Waals surface area contributed by atoms with Crippen molar-refractivity contribution in [2.45, 2.75) is 12.3 Å². The Balaban J connectivity index is 1.52. The van der Waals surface area contributed by atoms with Gasteiger partial charge >= 0.3 is 12.2 Å². The lowest BCUT2D eigenvalue weighted by Crippen LogP contribution is -2.32. The van der Waals surface area contributed by atoms with Gasteiger partial charge in [0.2, 0.25) is 6.79 Å². The molecule has 9 heteroatoms. The predicted molar refractivity (Wildman–Crippen MR) is 86.0 cm³/mol. The van der Waals surface area contributed by atoms with Crippen LogP contribution in [0.5, 0.6) is 11.5 Å². The lowest BCUT2D eigenvalue weighted by Gasteiger charge is -2.14. The first kappa shape index (κ1) is 17.9. The van der Waals surface area contributed by atoms with Crippen LogP contribution in [0.2, 0.25) is 0 Å². The van der Waals surface area contributed by atoms with E-state index in [1.165, 1.54) is 12.1 Å². The quantitative estimate of drug-likeness (QED) is 0.774. The molecule has 0 aliphatic carbocycles. The molecule has 26 heavy (non-hydrogen) atoms. The monoisotopic (exact) mass is 368 g/mol. The first-order valence-electron chi connectivity index (χ1n) is 7.62. The number of aliphatic hydroxyl groups excluding tert-OH is 1. The zero-order valence-corrected chi connectivity index (χ0v) is 13.3. The molecule has 0 spiro atoms. The van der Waals surface area contributed by atoms with Crippen molar-refractivity contribution in [2.75, 3.05) is 18.7 Å². The van der Waals surface area contributed by atoms with E-state index in [0.29, 0.717) is 17.2 Å². The summed E-state index contributed by atoms with van der Waals surface area (Å²) in [4.78, 5) is 11.9. The van der Waals surface area contributed by atoms with Crippen molar-refractivity contribution in [3.63, 3.8) is 0 Å². The Bertz CT molecular complexity index is 794. The molecule has 3 rings (SSSR count). The van der Waals surface area contributed by atoms with Gasteiger partial charge in [-0.3, -0.25) is 0 Å². The number of hydrogen-bond acceptors (Lipinski definition) is 4. The van der Waals surface area contributed by atoms with E-state index in [0.717, 1.165) is 12.1 Å². The van der Waals surface area contributed by atoms with E-state index in [2.05, 4.69) is 10.6 Å². The van der Waals surface area contributed by atoms with Crippen molar-refractivity contribution in [2.24, 2.45) is 0 Å². The van der Waals surface area contributed by atoms with Crippen molar-refractivity contribution in [1.29, 1.82) is 0 Å². The number of benzene rings is 2. The fraction of sp³-hybridized carbons (Fsp3) is 0.235. The summed E-state index contributed by atoms with van der Waals surface area (Å²) >= 11 is 0. The van der Waals surface area contributed by atoms with Gasteiger partial charge in [0.25, 0.3) is 0 Å². The second-order valence-electron chi connectivity index (χ2n) is 5.54. The number of fused-ring (bicyclic) bond motifs is 1. The van der Waals surface area contributed by atoms with Crippen molar-refractivity contribution in [3.05, 3.63) is 53.6 Å².